The van der Waals surface area contributed by atoms with E-state index in [1.54, 1.807) is 0 Å². The monoisotopic (exact) mass is 237 g/mol. The molecule has 0 atom stereocenters. The SMILES string of the molecule is C1=NCCCCCCCCCCCCCCC1. The van der Waals surface area contributed by atoms with Crippen molar-refractivity contribution >= 4 is 6.21 Å². The van der Waals surface area contributed by atoms with Crippen molar-refractivity contribution in [2.75, 3.05) is 6.54 Å². The molecule has 0 amide bonds. The van der Waals surface area contributed by atoms with Crippen molar-refractivity contribution < 1.29 is 0 Å². The Labute approximate surface area is 108 Å². The van der Waals surface area contributed by atoms with Crippen molar-refractivity contribution in [3.8, 4) is 0 Å². The van der Waals surface area contributed by atoms with E-state index in [1.165, 1.54) is 89.9 Å². The molecule has 1 aliphatic heterocycles. The third-order valence-corrected chi connectivity index (χ3v) is 3.75. The normalized spacial score (nSPS) is 23.1. The van der Waals surface area contributed by atoms with Crippen LogP contribution in [-0.4, -0.2) is 12.8 Å². The van der Waals surface area contributed by atoms with Crippen molar-refractivity contribution in [3.63, 3.8) is 0 Å². The van der Waals surface area contributed by atoms with E-state index >= 15 is 0 Å². The van der Waals surface area contributed by atoms with Gasteiger partial charge in [-0.25, -0.2) is 0 Å². The van der Waals surface area contributed by atoms with Crippen molar-refractivity contribution in [1.82, 2.24) is 0 Å². The van der Waals surface area contributed by atoms with Gasteiger partial charge in [0.2, 0.25) is 0 Å². The molecule has 0 saturated carbocycles. The molecule has 0 unspecified atom stereocenters. The molecule has 0 aliphatic carbocycles. The summed E-state index contributed by atoms with van der Waals surface area (Å²) in [5, 5.41) is 0. The molecule has 1 aliphatic rings. The van der Waals surface area contributed by atoms with Crippen molar-refractivity contribution in [2.45, 2.75) is 89.9 Å². The summed E-state index contributed by atoms with van der Waals surface area (Å²) in [4.78, 5) is 4.49. The lowest BCUT2D eigenvalue weighted by Gasteiger charge is -2.02. The molecule has 0 spiro atoms. The molecule has 1 nitrogen and oxygen atoms in total. The van der Waals surface area contributed by atoms with Crippen LogP contribution in [0, 0.1) is 0 Å². The third kappa shape index (κ3) is 10.5. The highest BCUT2D eigenvalue weighted by molar-refractivity contribution is 5.56. The number of aliphatic imine (C=N–C) groups is 1. The van der Waals surface area contributed by atoms with Gasteiger partial charge in [-0.15, -0.1) is 0 Å². The second-order valence-corrected chi connectivity index (χ2v) is 5.47. The van der Waals surface area contributed by atoms with Gasteiger partial charge < -0.3 is 0 Å². The molecule has 0 saturated heterocycles. The van der Waals surface area contributed by atoms with Crippen LogP contribution < -0.4 is 0 Å². The maximum absolute atomic E-state index is 4.49. The average Bonchev–Trinajstić information content (AvgIpc) is 2.35. The highest BCUT2D eigenvalue weighted by Crippen LogP contribution is 2.13. The summed E-state index contributed by atoms with van der Waals surface area (Å²) < 4.78 is 0. The predicted octanol–water partition coefficient (Wildman–Crippen LogP) is 5.53. The molecule has 0 bridgehead atoms. The first-order valence-electron chi connectivity index (χ1n) is 7.98. The molecular formula is C16H31N. The molecule has 0 aromatic carbocycles. The van der Waals surface area contributed by atoms with Gasteiger partial charge in [0, 0.05) is 6.54 Å². The molecule has 1 heterocycles. The lowest BCUT2D eigenvalue weighted by molar-refractivity contribution is 0.540. The number of hydrogen-bond acceptors (Lipinski definition) is 1. The molecule has 100 valence electrons. The first-order chi connectivity index (χ1) is 8.50. The summed E-state index contributed by atoms with van der Waals surface area (Å²) in [6, 6.07) is 0. The van der Waals surface area contributed by atoms with Gasteiger partial charge in [0.05, 0.1) is 0 Å². The van der Waals surface area contributed by atoms with Gasteiger partial charge >= 0.3 is 0 Å². The Bertz CT molecular complexity index is 156. The zero-order chi connectivity index (χ0) is 12.0. The first-order valence-corrected chi connectivity index (χ1v) is 7.98. The predicted molar refractivity (Wildman–Crippen MR) is 78.0 cm³/mol. The van der Waals surface area contributed by atoms with E-state index in [0.717, 1.165) is 6.54 Å². The maximum Gasteiger partial charge on any atom is 0.0385 e. The summed E-state index contributed by atoms with van der Waals surface area (Å²) in [6.07, 6.45) is 21.9. The lowest BCUT2D eigenvalue weighted by Crippen LogP contribution is -1.85. The fourth-order valence-electron chi connectivity index (χ4n) is 2.57. The van der Waals surface area contributed by atoms with Gasteiger partial charge in [0.1, 0.15) is 0 Å². The molecule has 0 fully saturated rings. The molecule has 0 aromatic heterocycles. The minimum absolute atomic E-state index is 1.07. The summed E-state index contributed by atoms with van der Waals surface area (Å²) >= 11 is 0. The number of rotatable bonds is 0. The Morgan fingerprint density at radius 1 is 0.471 bits per heavy atom. The minimum atomic E-state index is 1.07. The van der Waals surface area contributed by atoms with Gasteiger partial charge in [0.15, 0.2) is 0 Å². The van der Waals surface area contributed by atoms with E-state index in [4.69, 9.17) is 0 Å². The van der Waals surface area contributed by atoms with Crippen LogP contribution in [0.15, 0.2) is 4.99 Å². The number of hydrogen-bond donors (Lipinski definition) is 0. The molecule has 0 radical (unpaired) electrons. The third-order valence-electron chi connectivity index (χ3n) is 3.75. The van der Waals surface area contributed by atoms with Crippen molar-refractivity contribution in [3.05, 3.63) is 0 Å². The molecule has 1 rings (SSSR count). The van der Waals surface area contributed by atoms with E-state index in [-0.39, 0.29) is 0 Å². The van der Waals surface area contributed by atoms with E-state index in [1.807, 2.05) is 0 Å². The Morgan fingerprint density at radius 3 is 1.41 bits per heavy atom. The summed E-state index contributed by atoms with van der Waals surface area (Å²) in [5.41, 5.74) is 0. The van der Waals surface area contributed by atoms with Crippen LogP contribution in [0.1, 0.15) is 89.9 Å². The van der Waals surface area contributed by atoms with Crippen LogP contribution in [0.3, 0.4) is 0 Å². The average molecular weight is 237 g/mol. The van der Waals surface area contributed by atoms with Gasteiger partial charge in [-0.3, -0.25) is 4.99 Å². The van der Waals surface area contributed by atoms with Gasteiger partial charge in [0.25, 0.3) is 0 Å². The second kappa shape index (κ2) is 12.1. The summed E-state index contributed by atoms with van der Waals surface area (Å²) in [6.45, 7) is 1.07. The van der Waals surface area contributed by atoms with Crippen LogP contribution >= 0.6 is 0 Å². The topological polar surface area (TPSA) is 12.4 Å². The Kier molecular flexibility index (Phi) is 10.5. The zero-order valence-electron chi connectivity index (χ0n) is 11.6. The van der Waals surface area contributed by atoms with Crippen molar-refractivity contribution in [2.24, 2.45) is 4.99 Å². The van der Waals surface area contributed by atoms with Crippen LogP contribution in [-0.2, 0) is 0 Å². The van der Waals surface area contributed by atoms with Crippen LogP contribution in [0.2, 0.25) is 0 Å². The van der Waals surface area contributed by atoms with Crippen LogP contribution in [0.25, 0.3) is 0 Å². The minimum Gasteiger partial charge on any atom is -0.298 e. The molecular weight excluding hydrogens is 206 g/mol. The van der Waals surface area contributed by atoms with E-state index < -0.39 is 0 Å². The van der Waals surface area contributed by atoms with Crippen LogP contribution in [0.5, 0.6) is 0 Å². The highest BCUT2D eigenvalue weighted by Gasteiger charge is 1.94. The lowest BCUT2D eigenvalue weighted by atomic mass is 10.0. The Balaban J connectivity index is 2.07. The van der Waals surface area contributed by atoms with E-state index in [9.17, 15) is 0 Å². The summed E-state index contributed by atoms with van der Waals surface area (Å²) in [7, 11) is 0. The Morgan fingerprint density at radius 2 is 0.882 bits per heavy atom. The fourth-order valence-corrected chi connectivity index (χ4v) is 2.57. The smallest absolute Gasteiger partial charge is 0.0385 e. The first kappa shape index (κ1) is 14.7. The summed E-state index contributed by atoms with van der Waals surface area (Å²) in [5.74, 6) is 0. The van der Waals surface area contributed by atoms with Gasteiger partial charge in [-0.1, -0.05) is 70.6 Å². The molecule has 0 N–H and O–H groups in total. The van der Waals surface area contributed by atoms with Gasteiger partial charge in [-0.2, -0.15) is 0 Å². The second-order valence-electron chi connectivity index (χ2n) is 5.47. The maximum atomic E-state index is 4.49. The standard InChI is InChI=1S/C16H31N/c1-2-4-6-8-10-12-14-16-17-15-13-11-9-7-5-3-1/h15H,1-14,16H2. The fraction of sp³-hybridized carbons (Fsp3) is 0.938. The largest absolute Gasteiger partial charge is 0.298 e. The van der Waals surface area contributed by atoms with E-state index in [2.05, 4.69) is 11.2 Å². The molecule has 1 heteroatoms. The molecule has 17 heavy (non-hydrogen) atoms. The Hall–Kier alpha value is -0.330. The van der Waals surface area contributed by atoms with E-state index in [0.29, 0.717) is 0 Å². The quantitative estimate of drug-likeness (QED) is 0.525. The zero-order valence-corrected chi connectivity index (χ0v) is 11.6. The van der Waals surface area contributed by atoms with Gasteiger partial charge in [-0.05, 0) is 25.5 Å². The number of nitrogens with zero attached hydrogens (tertiary/aromatic N) is 1. The van der Waals surface area contributed by atoms with Crippen molar-refractivity contribution in [1.29, 1.82) is 0 Å². The molecule has 0 aromatic rings. The van der Waals surface area contributed by atoms with Crippen LogP contribution in [0.4, 0.5) is 0 Å². The highest BCUT2D eigenvalue weighted by atomic mass is 14.7.